The van der Waals surface area contributed by atoms with Crippen molar-refractivity contribution in [1.29, 1.82) is 0 Å². The van der Waals surface area contributed by atoms with Crippen molar-refractivity contribution in [2.24, 2.45) is 0 Å². The van der Waals surface area contributed by atoms with Gasteiger partial charge in [-0.1, -0.05) is 41.5 Å². The first-order valence-electron chi connectivity index (χ1n) is 6.58. The Labute approximate surface area is 119 Å². The van der Waals surface area contributed by atoms with Crippen LogP contribution in [0.4, 0.5) is 0 Å². The quantitative estimate of drug-likeness (QED) is 0.925. The van der Waals surface area contributed by atoms with E-state index >= 15 is 0 Å². The molecular weight excluding hydrogens is 250 g/mol. The molecule has 0 heterocycles. The molecule has 0 bridgehead atoms. The molecule has 1 amide bonds. The summed E-state index contributed by atoms with van der Waals surface area (Å²) in [5, 5.41) is 2.92. The highest BCUT2D eigenvalue weighted by Gasteiger charge is 2.11. The molecule has 0 aromatic heterocycles. The first-order valence-corrected chi connectivity index (χ1v) is 6.58. The molecule has 0 spiro atoms. The summed E-state index contributed by atoms with van der Waals surface area (Å²) in [6.07, 6.45) is 0. The summed E-state index contributed by atoms with van der Waals surface area (Å²) in [5.74, 6) is 0.475. The molecule has 0 fully saturated rings. The Morgan fingerprint density at radius 3 is 2.35 bits per heavy atom. The monoisotopic (exact) mass is 269 g/mol. The molecular formula is C17H19NO2. The number of methoxy groups -OCH3 is 1. The molecule has 104 valence electrons. The van der Waals surface area contributed by atoms with Crippen molar-refractivity contribution < 1.29 is 9.53 Å². The van der Waals surface area contributed by atoms with Gasteiger partial charge in [-0.05, 0) is 31.5 Å². The van der Waals surface area contributed by atoms with Crippen LogP contribution in [0.1, 0.15) is 27.0 Å². The van der Waals surface area contributed by atoms with Gasteiger partial charge < -0.3 is 10.1 Å². The van der Waals surface area contributed by atoms with Gasteiger partial charge in [0, 0.05) is 6.54 Å². The van der Waals surface area contributed by atoms with Gasteiger partial charge in [-0.3, -0.25) is 4.79 Å². The molecule has 0 radical (unpaired) electrons. The maximum atomic E-state index is 12.2. The van der Waals surface area contributed by atoms with Gasteiger partial charge in [0.05, 0.1) is 12.7 Å². The van der Waals surface area contributed by atoms with Crippen LogP contribution in [0.15, 0.2) is 42.5 Å². The van der Waals surface area contributed by atoms with E-state index in [1.165, 1.54) is 5.56 Å². The number of hydrogen-bond donors (Lipinski definition) is 1. The number of hydrogen-bond acceptors (Lipinski definition) is 2. The summed E-state index contributed by atoms with van der Waals surface area (Å²) < 4.78 is 5.23. The lowest BCUT2D eigenvalue weighted by Crippen LogP contribution is -2.23. The molecule has 2 aromatic carbocycles. The van der Waals surface area contributed by atoms with Crippen LogP contribution < -0.4 is 10.1 Å². The number of carbonyl (C=O) groups is 1. The number of nitrogens with one attached hydrogen (secondary N) is 1. The van der Waals surface area contributed by atoms with Crippen LogP contribution in [0, 0.1) is 13.8 Å². The summed E-state index contributed by atoms with van der Waals surface area (Å²) in [4.78, 5) is 12.2. The number of ether oxygens (including phenoxy) is 1. The predicted octanol–water partition coefficient (Wildman–Crippen LogP) is 3.24. The van der Waals surface area contributed by atoms with Crippen LogP contribution in [-0.4, -0.2) is 13.0 Å². The smallest absolute Gasteiger partial charge is 0.255 e. The topological polar surface area (TPSA) is 38.3 Å². The molecule has 3 nitrogen and oxygen atoms in total. The first kappa shape index (κ1) is 14.1. The molecule has 3 heteroatoms. The van der Waals surface area contributed by atoms with Crippen LogP contribution in [0.5, 0.6) is 5.75 Å². The van der Waals surface area contributed by atoms with Crippen molar-refractivity contribution in [2.75, 3.05) is 7.11 Å². The normalized spacial score (nSPS) is 10.2. The van der Waals surface area contributed by atoms with Crippen molar-refractivity contribution in [2.45, 2.75) is 20.4 Å². The third kappa shape index (κ3) is 3.38. The fourth-order valence-electron chi connectivity index (χ4n) is 1.98. The number of aryl methyl sites for hydroxylation is 2. The van der Waals surface area contributed by atoms with Gasteiger partial charge in [0.25, 0.3) is 5.91 Å². The Morgan fingerprint density at radius 2 is 1.70 bits per heavy atom. The molecule has 0 unspecified atom stereocenters. The fourth-order valence-corrected chi connectivity index (χ4v) is 1.98. The molecule has 0 atom stereocenters. The lowest BCUT2D eigenvalue weighted by atomic mass is 10.1. The Balaban J connectivity index is 2.08. The van der Waals surface area contributed by atoms with Gasteiger partial charge in [0.2, 0.25) is 0 Å². The zero-order valence-corrected chi connectivity index (χ0v) is 12.1. The minimum atomic E-state index is -0.119. The standard InChI is InChI=1S/C17H19NO2/c1-12-4-7-14(8-5-12)11-18-17(19)15-10-13(2)6-9-16(15)20-3/h4-10H,11H2,1-3H3,(H,18,19). The average molecular weight is 269 g/mol. The van der Waals surface area contributed by atoms with Gasteiger partial charge >= 0.3 is 0 Å². The van der Waals surface area contributed by atoms with E-state index in [0.717, 1.165) is 11.1 Å². The third-order valence-electron chi connectivity index (χ3n) is 3.17. The van der Waals surface area contributed by atoms with Gasteiger partial charge in [0.15, 0.2) is 0 Å². The van der Waals surface area contributed by atoms with Crippen molar-refractivity contribution in [3.05, 3.63) is 64.7 Å². The minimum Gasteiger partial charge on any atom is -0.496 e. The Hall–Kier alpha value is -2.29. The fraction of sp³-hybridized carbons (Fsp3) is 0.235. The maximum Gasteiger partial charge on any atom is 0.255 e. The Bertz CT molecular complexity index is 603. The highest BCUT2D eigenvalue weighted by atomic mass is 16.5. The third-order valence-corrected chi connectivity index (χ3v) is 3.17. The highest BCUT2D eigenvalue weighted by Crippen LogP contribution is 2.19. The van der Waals surface area contributed by atoms with Crippen LogP contribution in [0.3, 0.4) is 0 Å². The van der Waals surface area contributed by atoms with Crippen LogP contribution in [-0.2, 0) is 6.54 Å². The van der Waals surface area contributed by atoms with Crippen LogP contribution in [0.2, 0.25) is 0 Å². The molecule has 0 saturated carbocycles. The van der Waals surface area contributed by atoms with E-state index in [1.807, 2.05) is 56.3 Å². The largest absolute Gasteiger partial charge is 0.496 e. The summed E-state index contributed by atoms with van der Waals surface area (Å²) in [7, 11) is 1.57. The molecule has 2 aromatic rings. The predicted molar refractivity (Wildman–Crippen MR) is 80.1 cm³/mol. The van der Waals surface area contributed by atoms with Gasteiger partial charge in [-0.15, -0.1) is 0 Å². The zero-order valence-electron chi connectivity index (χ0n) is 12.1. The Kier molecular flexibility index (Phi) is 4.41. The van der Waals surface area contributed by atoms with E-state index in [-0.39, 0.29) is 5.91 Å². The second kappa shape index (κ2) is 6.24. The molecule has 0 aliphatic rings. The van der Waals surface area contributed by atoms with E-state index in [4.69, 9.17) is 4.74 Å². The number of carbonyl (C=O) groups excluding carboxylic acids is 1. The molecule has 20 heavy (non-hydrogen) atoms. The lowest BCUT2D eigenvalue weighted by molar-refractivity contribution is 0.0948. The minimum absolute atomic E-state index is 0.119. The molecule has 0 saturated heterocycles. The van der Waals surface area contributed by atoms with Crippen molar-refractivity contribution in [3.63, 3.8) is 0 Å². The number of amides is 1. The summed E-state index contributed by atoms with van der Waals surface area (Å²) >= 11 is 0. The van der Waals surface area contributed by atoms with Gasteiger partial charge in [-0.25, -0.2) is 0 Å². The molecule has 0 aliphatic carbocycles. The number of benzene rings is 2. The summed E-state index contributed by atoms with van der Waals surface area (Å²) in [5.41, 5.74) is 3.89. The maximum absolute atomic E-state index is 12.2. The highest BCUT2D eigenvalue weighted by molar-refractivity contribution is 5.97. The van der Waals surface area contributed by atoms with Crippen molar-refractivity contribution in [3.8, 4) is 5.75 Å². The van der Waals surface area contributed by atoms with Crippen LogP contribution >= 0.6 is 0 Å². The number of rotatable bonds is 4. The summed E-state index contributed by atoms with van der Waals surface area (Å²) in [6, 6.07) is 13.7. The first-order chi connectivity index (χ1) is 9.60. The second-order valence-electron chi connectivity index (χ2n) is 4.87. The van der Waals surface area contributed by atoms with Gasteiger partial charge in [0.1, 0.15) is 5.75 Å². The zero-order chi connectivity index (χ0) is 14.5. The molecule has 2 rings (SSSR count). The molecule has 1 N–H and O–H groups in total. The van der Waals surface area contributed by atoms with Crippen LogP contribution in [0.25, 0.3) is 0 Å². The van der Waals surface area contributed by atoms with E-state index in [2.05, 4.69) is 5.32 Å². The van der Waals surface area contributed by atoms with E-state index in [9.17, 15) is 4.79 Å². The van der Waals surface area contributed by atoms with Crippen molar-refractivity contribution >= 4 is 5.91 Å². The summed E-state index contributed by atoms with van der Waals surface area (Å²) in [6.45, 7) is 4.51. The molecule has 0 aliphatic heterocycles. The van der Waals surface area contributed by atoms with Crippen molar-refractivity contribution in [1.82, 2.24) is 5.32 Å². The van der Waals surface area contributed by atoms with E-state index < -0.39 is 0 Å². The average Bonchev–Trinajstić information content (AvgIpc) is 2.46. The SMILES string of the molecule is COc1ccc(C)cc1C(=O)NCc1ccc(C)cc1. The Morgan fingerprint density at radius 1 is 1.05 bits per heavy atom. The van der Waals surface area contributed by atoms with E-state index in [0.29, 0.717) is 17.9 Å². The van der Waals surface area contributed by atoms with E-state index in [1.54, 1.807) is 7.11 Å². The second-order valence-corrected chi connectivity index (χ2v) is 4.87. The van der Waals surface area contributed by atoms with Gasteiger partial charge in [-0.2, -0.15) is 0 Å². The lowest BCUT2D eigenvalue weighted by Gasteiger charge is -2.10.